The zero-order valence-electron chi connectivity index (χ0n) is 13.2. The van der Waals surface area contributed by atoms with E-state index in [1.165, 1.54) is 35.0 Å². The standard InChI is InChI=1S/C14H12N6O5/c1-8-7-12(20(23)24)16-18(8)9(2)14-15-13(17-25-14)10-3-5-11(6-4-10)19(21)22/h3-7,9H,1-2H3. The summed E-state index contributed by atoms with van der Waals surface area (Å²) >= 11 is 0. The number of aryl methyl sites for hydroxylation is 1. The minimum absolute atomic E-state index is 0.0414. The van der Waals surface area contributed by atoms with Gasteiger partial charge in [-0.1, -0.05) is 5.16 Å². The van der Waals surface area contributed by atoms with Crippen molar-refractivity contribution in [2.24, 2.45) is 0 Å². The van der Waals surface area contributed by atoms with E-state index in [2.05, 4.69) is 15.2 Å². The fraction of sp³-hybridized carbons (Fsp3) is 0.214. The Bertz CT molecular complexity index is 945. The molecule has 0 fully saturated rings. The second-order valence-electron chi connectivity index (χ2n) is 5.28. The number of rotatable bonds is 5. The molecule has 0 N–H and O–H groups in total. The molecule has 1 atom stereocenters. The van der Waals surface area contributed by atoms with E-state index in [9.17, 15) is 20.2 Å². The third-order valence-electron chi connectivity index (χ3n) is 3.60. The summed E-state index contributed by atoms with van der Waals surface area (Å²) in [6, 6.07) is 6.56. The van der Waals surface area contributed by atoms with Gasteiger partial charge in [0.15, 0.2) is 0 Å². The van der Waals surface area contributed by atoms with Gasteiger partial charge in [-0.05, 0) is 30.9 Å². The lowest BCUT2D eigenvalue weighted by Gasteiger charge is -2.04. The smallest absolute Gasteiger partial charge is 0.358 e. The molecule has 0 amide bonds. The maximum absolute atomic E-state index is 10.8. The predicted molar refractivity (Wildman–Crippen MR) is 83.8 cm³/mol. The summed E-state index contributed by atoms with van der Waals surface area (Å²) in [7, 11) is 0. The quantitative estimate of drug-likeness (QED) is 0.507. The summed E-state index contributed by atoms with van der Waals surface area (Å²) < 4.78 is 6.63. The molecule has 2 aromatic heterocycles. The summed E-state index contributed by atoms with van der Waals surface area (Å²) in [5, 5.41) is 29.3. The molecule has 2 heterocycles. The van der Waals surface area contributed by atoms with E-state index >= 15 is 0 Å². The zero-order chi connectivity index (χ0) is 18.1. The molecule has 0 bridgehead atoms. The number of nitrogens with zero attached hydrogens (tertiary/aromatic N) is 6. The first-order chi connectivity index (χ1) is 11.9. The monoisotopic (exact) mass is 344 g/mol. The number of hydrogen-bond donors (Lipinski definition) is 0. The van der Waals surface area contributed by atoms with Gasteiger partial charge in [-0.25, -0.2) is 0 Å². The van der Waals surface area contributed by atoms with Crippen molar-refractivity contribution in [1.29, 1.82) is 0 Å². The van der Waals surface area contributed by atoms with Gasteiger partial charge in [-0.2, -0.15) is 9.67 Å². The molecule has 3 rings (SSSR count). The van der Waals surface area contributed by atoms with Crippen molar-refractivity contribution in [3.05, 3.63) is 62.1 Å². The number of benzene rings is 1. The van der Waals surface area contributed by atoms with Crippen LogP contribution in [0.2, 0.25) is 0 Å². The molecule has 1 aromatic carbocycles. The first kappa shape index (κ1) is 16.2. The van der Waals surface area contributed by atoms with Crippen LogP contribution in [-0.2, 0) is 0 Å². The molecule has 0 spiro atoms. The molecule has 25 heavy (non-hydrogen) atoms. The second kappa shape index (κ2) is 6.11. The molecular weight excluding hydrogens is 332 g/mol. The Labute approximate surface area is 140 Å². The minimum Gasteiger partial charge on any atom is -0.358 e. The first-order valence-corrected chi connectivity index (χ1v) is 7.16. The molecule has 0 saturated carbocycles. The van der Waals surface area contributed by atoms with Crippen LogP contribution < -0.4 is 0 Å². The van der Waals surface area contributed by atoms with Gasteiger partial charge in [-0.15, -0.1) is 0 Å². The number of nitro groups is 2. The fourth-order valence-corrected chi connectivity index (χ4v) is 2.31. The molecule has 0 aliphatic carbocycles. The van der Waals surface area contributed by atoms with Crippen LogP contribution in [0.4, 0.5) is 11.5 Å². The van der Waals surface area contributed by atoms with Crippen LogP contribution in [-0.4, -0.2) is 29.8 Å². The van der Waals surface area contributed by atoms with Crippen LogP contribution in [0.3, 0.4) is 0 Å². The van der Waals surface area contributed by atoms with Gasteiger partial charge in [-0.3, -0.25) is 10.1 Å². The highest BCUT2D eigenvalue weighted by Gasteiger charge is 2.25. The molecule has 1 unspecified atom stereocenters. The Morgan fingerprint density at radius 2 is 1.84 bits per heavy atom. The van der Waals surface area contributed by atoms with Crippen molar-refractivity contribution in [1.82, 2.24) is 19.9 Å². The van der Waals surface area contributed by atoms with Crippen molar-refractivity contribution in [2.45, 2.75) is 19.9 Å². The molecule has 0 saturated heterocycles. The molecule has 11 heteroatoms. The van der Waals surface area contributed by atoms with Crippen LogP contribution in [0, 0.1) is 27.2 Å². The highest BCUT2D eigenvalue weighted by molar-refractivity contribution is 5.56. The Kier molecular flexibility index (Phi) is 3.97. The fourth-order valence-electron chi connectivity index (χ4n) is 2.31. The maximum Gasteiger partial charge on any atom is 0.390 e. The number of hydrogen-bond acceptors (Lipinski definition) is 8. The van der Waals surface area contributed by atoms with E-state index in [0.29, 0.717) is 11.3 Å². The average molecular weight is 344 g/mol. The molecule has 0 aliphatic rings. The van der Waals surface area contributed by atoms with Crippen LogP contribution in [0.1, 0.15) is 24.6 Å². The van der Waals surface area contributed by atoms with Crippen LogP contribution in [0.5, 0.6) is 0 Å². The SMILES string of the molecule is Cc1cc([N+](=O)[O-])nn1C(C)c1nc(-c2ccc([N+](=O)[O-])cc2)no1. The largest absolute Gasteiger partial charge is 0.390 e. The van der Waals surface area contributed by atoms with Crippen molar-refractivity contribution >= 4 is 11.5 Å². The van der Waals surface area contributed by atoms with E-state index < -0.39 is 15.9 Å². The summed E-state index contributed by atoms with van der Waals surface area (Å²) in [5.74, 6) is 0.213. The number of non-ortho nitro benzene ring substituents is 1. The summed E-state index contributed by atoms with van der Waals surface area (Å²) in [4.78, 5) is 24.7. The van der Waals surface area contributed by atoms with Gasteiger partial charge in [0.05, 0.1) is 21.8 Å². The first-order valence-electron chi connectivity index (χ1n) is 7.16. The second-order valence-corrected chi connectivity index (χ2v) is 5.28. The Balaban J connectivity index is 1.88. The van der Waals surface area contributed by atoms with E-state index in [1.807, 2.05) is 0 Å². The number of aromatic nitrogens is 4. The highest BCUT2D eigenvalue weighted by atomic mass is 16.6. The van der Waals surface area contributed by atoms with Crippen molar-refractivity contribution in [3.8, 4) is 11.4 Å². The third-order valence-corrected chi connectivity index (χ3v) is 3.60. The summed E-state index contributed by atoms with van der Waals surface area (Å²) in [6.45, 7) is 3.40. The lowest BCUT2D eigenvalue weighted by Crippen LogP contribution is -2.10. The lowest BCUT2D eigenvalue weighted by molar-refractivity contribution is -0.389. The highest BCUT2D eigenvalue weighted by Crippen LogP contribution is 2.24. The molecule has 128 valence electrons. The maximum atomic E-state index is 10.8. The summed E-state index contributed by atoms with van der Waals surface area (Å²) in [5.41, 5.74) is 1.09. The van der Waals surface area contributed by atoms with Crippen LogP contribution >= 0.6 is 0 Å². The Morgan fingerprint density at radius 3 is 2.40 bits per heavy atom. The van der Waals surface area contributed by atoms with Gasteiger partial charge in [0.1, 0.15) is 6.04 Å². The van der Waals surface area contributed by atoms with Crippen molar-refractivity contribution in [2.75, 3.05) is 0 Å². The van der Waals surface area contributed by atoms with Gasteiger partial charge >= 0.3 is 5.82 Å². The van der Waals surface area contributed by atoms with E-state index in [-0.39, 0.29) is 23.2 Å². The van der Waals surface area contributed by atoms with Crippen molar-refractivity contribution in [3.63, 3.8) is 0 Å². The van der Waals surface area contributed by atoms with Crippen LogP contribution in [0.15, 0.2) is 34.9 Å². The molecule has 0 aliphatic heterocycles. The minimum atomic E-state index is -0.577. The molecule has 11 nitrogen and oxygen atoms in total. The average Bonchev–Trinajstić information content (AvgIpc) is 3.21. The Morgan fingerprint density at radius 1 is 1.16 bits per heavy atom. The van der Waals surface area contributed by atoms with Gasteiger partial charge < -0.3 is 14.6 Å². The normalized spacial score (nSPS) is 12.1. The van der Waals surface area contributed by atoms with Crippen molar-refractivity contribution < 1.29 is 14.4 Å². The predicted octanol–water partition coefficient (Wildman–Crippen LogP) is 2.67. The van der Waals surface area contributed by atoms with Gasteiger partial charge in [0, 0.05) is 17.7 Å². The van der Waals surface area contributed by atoms with Crippen LogP contribution in [0.25, 0.3) is 11.4 Å². The van der Waals surface area contributed by atoms with Gasteiger partial charge in [0.25, 0.3) is 11.6 Å². The Hall–Kier alpha value is -3.63. The molecule has 0 radical (unpaired) electrons. The summed E-state index contributed by atoms with van der Waals surface area (Å²) in [6.07, 6.45) is 0. The van der Waals surface area contributed by atoms with E-state index in [1.54, 1.807) is 13.8 Å². The lowest BCUT2D eigenvalue weighted by atomic mass is 10.2. The molecule has 3 aromatic rings. The number of nitro benzene ring substituents is 1. The molecular formula is C14H12N6O5. The zero-order valence-corrected chi connectivity index (χ0v) is 13.2. The third kappa shape index (κ3) is 3.06. The topological polar surface area (TPSA) is 143 Å². The van der Waals surface area contributed by atoms with E-state index in [4.69, 9.17) is 4.52 Å². The van der Waals surface area contributed by atoms with Gasteiger partial charge in [0.2, 0.25) is 5.82 Å². The van der Waals surface area contributed by atoms with E-state index in [0.717, 1.165) is 0 Å².